The smallest absolute Gasteiger partial charge is 0.266 e. The maximum Gasteiger partial charge on any atom is 0.266 e. The van der Waals surface area contributed by atoms with E-state index in [1.807, 2.05) is 49.9 Å². The van der Waals surface area contributed by atoms with Crippen LogP contribution in [-0.2, 0) is 12.8 Å². The number of carbonyl (C=O) groups is 1. The normalized spacial score (nSPS) is 11.2. The van der Waals surface area contributed by atoms with Gasteiger partial charge in [0.15, 0.2) is 5.16 Å². The van der Waals surface area contributed by atoms with Gasteiger partial charge in [-0.2, -0.15) is 0 Å². The third-order valence-corrected chi connectivity index (χ3v) is 7.05. The van der Waals surface area contributed by atoms with Gasteiger partial charge in [0.1, 0.15) is 10.7 Å². The Morgan fingerprint density at radius 1 is 1.30 bits per heavy atom. The lowest BCUT2D eigenvalue weighted by Crippen LogP contribution is -2.13. The van der Waals surface area contributed by atoms with E-state index in [9.17, 15) is 9.59 Å². The highest BCUT2D eigenvalue weighted by Gasteiger charge is 2.20. The van der Waals surface area contributed by atoms with Crippen LogP contribution in [0.5, 0.6) is 0 Å². The first kappa shape index (κ1) is 20.4. The summed E-state index contributed by atoms with van der Waals surface area (Å²) in [5, 5.41) is 4.27. The molecule has 4 aromatic rings. The van der Waals surface area contributed by atoms with E-state index in [1.54, 1.807) is 13.1 Å². The standard InChI is InChI=1S/C21H21N5O2S2/c1-11-5-6-14(12(2)9-11)23-19(28)17-13(3)16-18(27)24-15(25-20(16)30-17)10-29-21-22-7-8-26(21)4/h5-9H,10H2,1-4H3,(H,23,28)(H,24,25,27). The number of nitrogens with one attached hydrogen (secondary N) is 2. The molecule has 0 aliphatic carbocycles. The van der Waals surface area contributed by atoms with E-state index in [4.69, 9.17) is 0 Å². The Balaban J connectivity index is 1.62. The van der Waals surface area contributed by atoms with Crippen LogP contribution in [0.2, 0.25) is 0 Å². The first-order chi connectivity index (χ1) is 14.3. The van der Waals surface area contributed by atoms with E-state index in [0.29, 0.717) is 32.2 Å². The molecule has 0 spiro atoms. The quantitative estimate of drug-likeness (QED) is 0.455. The van der Waals surface area contributed by atoms with Gasteiger partial charge in [-0.25, -0.2) is 9.97 Å². The van der Waals surface area contributed by atoms with Crippen LogP contribution in [0.25, 0.3) is 10.2 Å². The summed E-state index contributed by atoms with van der Waals surface area (Å²) >= 11 is 2.73. The topological polar surface area (TPSA) is 92.7 Å². The summed E-state index contributed by atoms with van der Waals surface area (Å²) in [5.41, 5.74) is 3.31. The van der Waals surface area contributed by atoms with Crippen molar-refractivity contribution in [1.29, 1.82) is 0 Å². The van der Waals surface area contributed by atoms with Crippen LogP contribution < -0.4 is 10.9 Å². The predicted molar refractivity (Wildman–Crippen MR) is 122 cm³/mol. The van der Waals surface area contributed by atoms with Gasteiger partial charge in [-0.3, -0.25) is 9.59 Å². The number of thiophene rings is 1. The van der Waals surface area contributed by atoms with Crippen molar-refractivity contribution >= 4 is 44.9 Å². The number of imidazole rings is 1. The van der Waals surface area contributed by atoms with Crippen molar-refractivity contribution in [1.82, 2.24) is 19.5 Å². The zero-order chi connectivity index (χ0) is 21.4. The summed E-state index contributed by atoms with van der Waals surface area (Å²) in [6.07, 6.45) is 3.59. The van der Waals surface area contributed by atoms with Crippen LogP contribution in [0.4, 0.5) is 5.69 Å². The number of fused-ring (bicyclic) bond motifs is 1. The van der Waals surface area contributed by atoms with Crippen molar-refractivity contribution in [3.8, 4) is 0 Å². The molecular weight excluding hydrogens is 418 g/mol. The lowest BCUT2D eigenvalue weighted by atomic mass is 10.1. The van der Waals surface area contributed by atoms with Crippen LogP contribution >= 0.6 is 23.1 Å². The molecule has 3 heterocycles. The Hall–Kier alpha value is -2.91. The molecule has 0 bridgehead atoms. The molecule has 1 aromatic carbocycles. The van der Waals surface area contributed by atoms with Gasteiger partial charge in [-0.05, 0) is 38.0 Å². The molecular formula is C21H21N5O2S2. The van der Waals surface area contributed by atoms with E-state index >= 15 is 0 Å². The van der Waals surface area contributed by atoms with Crippen molar-refractivity contribution < 1.29 is 4.79 Å². The Bertz CT molecular complexity index is 1320. The summed E-state index contributed by atoms with van der Waals surface area (Å²) in [4.78, 5) is 38.3. The first-order valence-corrected chi connectivity index (χ1v) is 11.1. The van der Waals surface area contributed by atoms with Gasteiger partial charge >= 0.3 is 0 Å². The maximum atomic E-state index is 12.9. The second-order valence-electron chi connectivity index (χ2n) is 7.13. The zero-order valence-electron chi connectivity index (χ0n) is 17.1. The number of carbonyl (C=O) groups excluding carboxylic acids is 1. The van der Waals surface area contributed by atoms with Crippen LogP contribution in [0.15, 0.2) is 40.5 Å². The highest BCUT2D eigenvalue weighted by Crippen LogP contribution is 2.29. The molecule has 0 saturated heterocycles. The molecule has 0 saturated carbocycles. The predicted octanol–water partition coefficient (Wildman–Crippen LogP) is 4.19. The summed E-state index contributed by atoms with van der Waals surface area (Å²) in [6.45, 7) is 5.75. The summed E-state index contributed by atoms with van der Waals surface area (Å²) in [6, 6.07) is 5.87. The minimum absolute atomic E-state index is 0.227. The van der Waals surface area contributed by atoms with E-state index in [2.05, 4.69) is 20.3 Å². The highest BCUT2D eigenvalue weighted by atomic mass is 32.2. The Labute approximate surface area is 181 Å². The largest absolute Gasteiger partial charge is 0.329 e. The molecule has 0 aliphatic heterocycles. The number of aryl methyl sites for hydroxylation is 4. The maximum absolute atomic E-state index is 12.9. The fraction of sp³-hybridized carbons (Fsp3) is 0.238. The number of nitrogens with zero attached hydrogens (tertiary/aromatic N) is 3. The summed E-state index contributed by atoms with van der Waals surface area (Å²) in [5.74, 6) is 0.811. The molecule has 154 valence electrons. The first-order valence-electron chi connectivity index (χ1n) is 9.34. The van der Waals surface area contributed by atoms with Crippen molar-refractivity contribution in [3.63, 3.8) is 0 Å². The molecule has 2 N–H and O–H groups in total. The number of hydrogen-bond donors (Lipinski definition) is 2. The van der Waals surface area contributed by atoms with Crippen LogP contribution in [-0.4, -0.2) is 25.4 Å². The van der Waals surface area contributed by atoms with E-state index in [0.717, 1.165) is 22.0 Å². The number of thioether (sulfide) groups is 1. The van der Waals surface area contributed by atoms with Gasteiger partial charge in [-0.1, -0.05) is 29.5 Å². The molecule has 30 heavy (non-hydrogen) atoms. The van der Waals surface area contributed by atoms with Crippen LogP contribution in [0.1, 0.15) is 32.2 Å². The minimum atomic E-state index is -0.231. The Morgan fingerprint density at radius 2 is 2.10 bits per heavy atom. The molecule has 0 aliphatic rings. The van der Waals surface area contributed by atoms with Crippen LogP contribution in [0, 0.1) is 20.8 Å². The molecule has 3 aromatic heterocycles. The monoisotopic (exact) mass is 439 g/mol. The van der Waals surface area contributed by atoms with Crippen molar-refractivity contribution in [2.45, 2.75) is 31.7 Å². The molecule has 0 atom stereocenters. The lowest BCUT2D eigenvalue weighted by molar-refractivity contribution is 0.103. The van der Waals surface area contributed by atoms with E-state index < -0.39 is 0 Å². The third-order valence-electron chi connectivity index (χ3n) is 4.80. The molecule has 7 nitrogen and oxygen atoms in total. The lowest BCUT2D eigenvalue weighted by Gasteiger charge is -2.08. The summed E-state index contributed by atoms with van der Waals surface area (Å²) in [7, 11) is 1.91. The second-order valence-corrected chi connectivity index (χ2v) is 9.07. The second kappa shape index (κ2) is 8.08. The van der Waals surface area contributed by atoms with Gasteiger partial charge < -0.3 is 14.9 Å². The third kappa shape index (κ3) is 3.90. The number of anilines is 1. The molecule has 0 unspecified atom stereocenters. The SMILES string of the molecule is Cc1ccc(NC(=O)c2sc3nc(CSc4nccn4C)[nH]c(=O)c3c2C)c(C)c1. The van der Waals surface area contributed by atoms with Gasteiger partial charge in [0.05, 0.1) is 16.0 Å². The number of benzene rings is 1. The van der Waals surface area contributed by atoms with Crippen molar-refractivity contribution in [2.75, 3.05) is 5.32 Å². The average Bonchev–Trinajstić information content (AvgIpc) is 3.25. The molecule has 0 fully saturated rings. The fourth-order valence-electron chi connectivity index (χ4n) is 3.23. The van der Waals surface area contributed by atoms with Gasteiger partial charge in [0.25, 0.3) is 11.5 Å². The fourth-order valence-corrected chi connectivity index (χ4v) is 5.13. The number of rotatable bonds is 5. The number of hydrogen-bond acceptors (Lipinski definition) is 6. The van der Waals surface area contributed by atoms with Crippen molar-refractivity contribution in [2.24, 2.45) is 7.05 Å². The average molecular weight is 440 g/mol. The van der Waals surface area contributed by atoms with E-state index in [-0.39, 0.29) is 11.5 Å². The molecule has 0 radical (unpaired) electrons. The summed E-state index contributed by atoms with van der Waals surface area (Å²) < 4.78 is 1.91. The van der Waals surface area contributed by atoms with E-state index in [1.165, 1.54) is 23.1 Å². The molecule has 1 amide bonds. The Kier molecular flexibility index (Phi) is 5.48. The van der Waals surface area contributed by atoms with Gasteiger partial charge in [0, 0.05) is 25.1 Å². The number of H-pyrrole nitrogens is 1. The molecule has 4 rings (SSSR count). The number of aromatic nitrogens is 4. The Morgan fingerprint density at radius 3 is 2.80 bits per heavy atom. The number of amides is 1. The highest BCUT2D eigenvalue weighted by molar-refractivity contribution is 7.98. The molecule has 9 heteroatoms. The van der Waals surface area contributed by atoms with Gasteiger partial charge in [-0.15, -0.1) is 11.3 Å². The number of aromatic amines is 1. The van der Waals surface area contributed by atoms with Crippen molar-refractivity contribution in [3.05, 3.63) is 68.3 Å². The van der Waals surface area contributed by atoms with Crippen LogP contribution in [0.3, 0.4) is 0 Å². The minimum Gasteiger partial charge on any atom is -0.329 e. The zero-order valence-corrected chi connectivity index (χ0v) is 18.7. The van der Waals surface area contributed by atoms with Gasteiger partial charge in [0.2, 0.25) is 0 Å².